The molecule has 4 rings (SSSR count). The van der Waals surface area contributed by atoms with Gasteiger partial charge in [0.1, 0.15) is 12.3 Å². The van der Waals surface area contributed by atoms with Crippen LogP contribution in [0.3, 0.4) is 0 Å². The van der Waals surface area contributed by atoms with E-state index >= 15 is 0 Å². The van der Waals surface area contributed by atoms with Gasteiger partial charge in [0.15, 0.2) is 0 Å². The molecule has 0 radical (unpaired) electrons. The van der Waals surface area contributed by atoms with Crippen molar-refractivity contribution in [2.75, 3.05) is 51.9 Å². The van der Waals surface area contributed by atoms with Gasteiger partial charge in [0.05, 0.1) is 32.1 Å². The van der Waals surface area contributed by atoms with Crippen LogP contribution in [0, 0.1) is 0 Å². The molecule has 9 nitrogen and oxygen atoms in total. The second kappa shape index (κ2) is 12.7. The molecule has 186 valence electrons. The highest BCUT2D eigenvalue weighted by atomic mass is 16.5. The fourth-order valence-electron chi connectivity index (χ4n) is 4.63. The quantitative estimate of drug-likeness (QED) is 0.526. The van der Waals surface area contributed by atoms with Gasteiger partial charge in [0, 0.05) is 39.3 Å². The molecule has 1 aliphatic heterocycles. The molecule has 1 amide bonds. The molecule has 9 heteroatoms. The lowest BCUT2D eigenvalue weighted by Gasteiger charge is -2.38. The zero-order chi connectivity index (χ0) is 23.6. The summed E-state index contributed by atoms with van der Waals surface area (Å²) in [6.07, 6.45) is 6.45. The van der Waals surface area contributed by atoms with E-state index in [0.29, 0.717) is 30.8 Å². The number of hydrogen-bond donors (Lipinski definition) is 1. The van der Waals surface area contributed by atoms with Gasteiger partial charge in [-0.15, -0.1) is 5.10 Å². The zero-order valence-corrected chi connectivity index (χ0v) is 20.0. The second-order valence-electron chi connectivity index (χ2n) is 8.82. The number of rotatable bonds is 10. The zero-order valence-electron chi connectivity index (χ0n) is 20.0. The van der Waals surface area contributed by atoms with Gasteiger partial charge in [-0.25, -0.2) is 4.79 Å². The van der Waals surface area contributed by atoms with Crippen molar-refractivity contribution in [3.8, 4) is 5.88 Å². The second-order valence-corrected chi connectivity index (χ2v) is 8.82. The number of nitrogens with zero attached hydrogens (tertiary/aromatic N) is 3. The van der Waals surface area contributed by atoms with E-state index in [1.165, 1.54) is 0 Å². The number of morpholine rings is 1. The summed E-state index contributed by atoms with van der Waals surface area (Å²) in [5.41, 5.74) is 1.46. The molecule has 1 aliphatic carbocycles. The van der Waals surface area contributed by atoms with Crippen LogP contribution in [-0.4, -0.2) is 73.4 Å². The SMILES string of the molecule is COCCCOc1nn([C@H]2CC[C@H](N3CCOCC3)CC2)cc1NC(=O)OCc1ccccc1. The number of amides is 1. The Bertz CT molecular complexity index is 877. The third-order valence-electron chi connectivity index (χ3n) is 6.48. The third-order valence-corrected chi connectivity index (χ3v) is 6.48. The number of carbonyl (C=O) groups excluding carboxylic acids is 1. The fourth-order valence-corrected chi connectivity index (χ4v) is 4.63. The standard InChI is InChI=1S/C25H36N4O5/c1-31-14-5-15-33-24-23(26-25(30)34-19-20-6-3-2-4-7-20)18-29(27-24)22-10-8-21(9-11-22)28-12-16-32-17-13-28/h2-4,6-7,18,21-22H,5,8-17,19H2,1H3,(H,26,30)/t21-,22-. The van der Waals surface area contributed by atoms with E-state index in [1.807, 2.05) is 41.2 Å². The van der Waals surface area contributed by atoms with Gasteiger partial charge in [-0.05, 0) is 31.2 Å². The Labute approximate surface area is 201 Å². The molecule has 1 saturated heterocycles. The molecular weight excluding hydrogens is 436 g/mol. The Morgan fingerprint density at radius 2 is 1.82 bits per heavy atom. The maximum absolute atomic E-state index is 12.5. The van der Waals surface area contributed by atoms with E-state index < -0.39 is 6.09 Å². The molecule has 1 aromatic carbocycles. The normalized spacial score (nSPS) is 21.2. The Kier molecular flexibility index (Phi) is 9.18. The van der Waals surface area contributed by atoms with Crippen molar-refractivity contribution in [1.29, 1.82) is 0 Å². The average Bonchev–Trinajstić information content (AvgIpc) is 3.29. The highest BCUT2D eigenvalue weighted by Gasteiger charge is 2.29. The molecule has 1 aromatic heterocycles. The minimum atomic E-state index is -0.527. The van der Waals surface area contributed by atoms with E-state index in [1.54, 1.807) is 7.11 Å². The summed E-state index contributed by atoms with van der Waals surface area (Å²) in [5, 5.41) is 7.51. The van der Waals surface area contributed by atoms with Crippen molar-refractivity contribution in [2.45, 2.75) is 50.8 Å². The molecule has 1 saturated carbocycles. The molecular formula is C25H36N4O5. The summed E-state index contributed by atoms with van der Waals surface area (Å²) >= 11 is 0. The van der Waals surface area contributed by atoms with Crippen molar-refractivity contribution in [3.63, 3.8) is 0 Å². The van der Waals surface area contributed by atoms with E-state index in [-0.39, 0.29) is 12.6 Å². The summed E-state index contributed by atoms with van der Waals surface area (Å²) in [6.45, 7) is 4.98. The topological polar surface area (TPSA) is 87.1 Å². The van der Waals surface area contributed by atoms with E-state index in [2.05, 4.69) is 10.2 Å². The van der Waals surface area contributed by atoms with Gasteiger partial charge in [0.2, 0.25) is 0 Å². The minimum Gasteiger partial charge on any atom is -0.475 e. The van der Waals surface area contributed by atoms with Crippen LogP contribution in [0.15, 0.2) is 36.5 Å². The largest absolute Gasteiger partial charge is 0.475 e. The number of carbonyl (C=O) groups is 1. The Hall–Kier alpha value is -2.62. The van der Waals surface area contributed by atoms with Gasteiger partial charge in [-0.1, -0.05) is 30.3 Å². The Morgan fingerprint density at radius 1 is 1.09 bits per heavy atom. The molecule has 2 fully saturated rings. The van der Waals surface area contributed by atoms with Crippen molar-refractivity contribution in [2.24, 2.45) is 0 Å². The van der Waals surface area contributed by atoms with Crippen molar-refractivity contribution in [3.05, 3.63) is 42.1 Å². The fraction of sp³-hybridized carbons (Fsp3) is 0.600. The predicted octanol–water partition coefficient (Wildman–Crippen LogP) is 3.86. The maximum atomic E-state index is 12.5. The summed E-state index contributed by atoms with van der Waals surface area (Å²) < 4.78 is 23.8. The average molecular weight is 473 g/mol. The lowest BCUT2D eigenvalue weighted by atomic mass is 9.90. The molecule has 34 heavy (non-hydrogen) atoms. The third kappa shape index (κ3) is 6.94. The number of aromatic nitrogens is 2. The smallest absolute Gasteiger partial charge is 0.412 e. The van der Waals surface area contributed by atoms with Gasteiger partial charge in [-0.2, -0.15) is 0 Å². The summed E-state index contributed by atoms with van der Waals surface area (Å²) in [7, 11) is 1.66. The summed E-state index contributed by atoms with van der Waals surface area (Å²) in [6, 6.07) is 10.5. The number of hydrogen-bond acceptors (Lipinski definition) is 7. The maximum Gasteiger partial charge on any atom is 0.412 e. The van der Waals surface area contributed by atoms with Crippen LogP contribution in [0.4, 0.5) is 10.5 Å². The minimum absolute atomic E-state index is 0.205. The first-order valence-corrected chi connectivity index (χ1v) is 12.2. The molecule has 0 unspecified atom stereocenters. The molecule has 2 aromatic rings. The van der Waals surface area contributed by atoms with Crippen LogP contribution >= 0.6 is 0 Å². The molecule has 2 aliphatic rings. The monoisotopic (exact) mass is 472 g/mol. The van der Waals surface area contributed by atoms with Crippen LogP contribution in [0.5, 0.6) is 5.88 Å². The van der Waals surface area contributed by atoms with Crippen LogP contribution in [0.2, 0.25) is 0 Å². The van der Waals surface area contributed by atoms with Crippen LogP contribution in [0.1, 0.15) is 43.7 Å². The van der Waals surface area contributed by atoms with Crippen LogP contribution in [0.25, 0.3) is 0 Å². The Balaban J connectivity index is 1.35. The van der Waals surface area contributed by atoms with Crippen molar-refractivity contribution >= 4 is 11.8 Å². The van der Waals surface area contributed by atoms with Gasteiger partial charge >= 0.3 is 6.09 Å². The summed E-state index contributed by atoms with van der Waals surface area (Å²) in [5.74, 6) is 0.420. The first kappa shape index (κ1) is 24.5. The number of benzene rings is 1. The molecule has 0 bridgehead atoms. The van der Waals surface area contributed by atoms with Gasteiger partial charge < -0.3 is 18.9 Å². The highest BCUT2D eigenvalue weighted by Crippen LogP contribution is 2.34. The van der Waals surface area contributed by atoms with E-state index in [4.69, 9.17) is 24.0 Å². The molecule has 0 spiro atoms. The number of anilines is 1. The van der Waals surface area contributed by atoms with E-state index in [0.717, 1.165) is 64.0 Å². The van der Waals surface area contributed by atoms with E-state index in [9.17, 15) is 4.79 Å². The first-order chi connectivity index (χ1) is 16.7. The lowest BCUT2D eigenvalue weighted by Crippen LogP contribution is -2.45. The number of nitrogens with one attached hydrogen (secondary N) is 1. The van der Waals surface area contributed by atoms with Crippen molar-refractivity contribution < 1.29 is 23.7 Å². The Morgan fingerprint density at radius 3 is 2.56 bits per heavy atom. The van der Waals surface area contributed by atoms with Gasteiger partial charge in [0.25, 0.3) is 5.88 Å². The molecule has 0 atom stereocenters. The van der Waals surface area contributed by atoms with Crippen LogP contribution < -0.4 is 10.1 Å². The van der Waals surface area contributed by atoms with Crippen LogP contribution in [-0.2, 0) is 20.8 Å². The predicted molar refractivity (Wildman–Crippen MR) is 128 cm³/mol. The van der Waals surface area contributed by atoms with Crippen molar-refractivity contribution in [1.82, 2.24) is 14.7 Å². The summed E-state index contributed by atoms with van der Waals surface area (Å²) in [4.78, 5) is 15.0. The number of methoxy groups -OCH3 is 1. The molecule has 2 heterocycles. The van der Waals surface area contributed by atoms with Gasteiger partial charge in [-0.3, -0.25) is 14.9 Å². The highest BCUT2D eigenvalue weighted by molar-refractivity contribution is 5.86. The first-order valence-electron chi connectivity index (χ1n) is 12.2. The lowest BCUT2D eigenvalue weighted by molar-refractivity contribution is 0.00502. The molecule has 1 N–H and O–H groups in total. The number of ether oxygens (including phenoxy) is 4.